The van der Waals surface area contributed by atoms with Crippen LogP contribution in [0, 0.1) is 0 Å². The van der Waals surface area contributed by atoms with Crippen molar-refractivity contribution in [1.29, 1.82) is 0 Å². The number of hydrogen-bond donors (Lipinski definition) is 0. The number of benzene rings is 4. The van der Waals surface area contributed by atoms with Crippen LogP contribution in [0.3, 0.4) is 0 Å². The molecule has 4 heteroatoms. The summed E-state index contributed by atoms with van der Waals surface area (Å²) in [7, 11) is 0. The van der Waals surface area contributed by atoms with Crippen molar-refractivity contribution in [3.05, 3.63) is 113 Å². The highest BCUT2D eigenvalue weighted by Gasteiger charge is 2.31. The van der Waals surface area contributed by atoms with Crippen LogP contribution in [-0.2, 0) is 9.53 Å². The highest BCUT2D eigenvalue weighted by molar-refractivity contribution is 6.31. The molecule has 6 rings (SSSR count). The third kappa shape index (κ3) is 3.19. The summed E-state index contributed by atoms with van der Waals surface area (Å²) in [6.45, 7) is 0.283. The fourth-order valence-electron chi connectivity index (χ4n) is 5.38. The summed E-state index contributed by atoms with van der Waals surface area (Å²) in [4.78, 5) is 25.7. The Morgan fingerprint density at radius 2 is 1.47 bits per heavy atom. The van der Waals surface area contributed by atoms with E-state index >= 15 is 0 Å². The first-order valence-corrected chi connectivity index (χ1v) is 11.9. The van der Waals surface area contributed by atoms with E-state index in [-0.39, 0.29) is 30.2 Å². The van der Waals surface area contributed by atoms with Gasteiger partial charge in [-0.15, -0.1) is 11.6 Å². The number of alkyl halides is 1. The normalized spacial score (nSPS) is 15.7. The third-order valence-corrected chi connectivity index (χ3v) is 7.18. The first-order chi connectivity index (χ1) is 16.7. The van der Waals surface area contributed by atoms with Crippen molar-refractivity contribution in [1.82, 2.24) is 0 Å². The molecule has 2 aliphatic carbocycles. The molecule has 0 fully saturated rings. The molecule has 2 aliphatic rings. The summed E-state index contributed by atoms with van der Waals surface area (Å²) in [5, 5.41) is 1.90. The molecule has 0 bridgehead atoms. The molecule has 0 saturated carbocycles. The predicted octanol–water partition coefficient (Wildman–Crippen LogP) is 6.73. The topological polar surface area (TPSA) is 43.4 Å². The summed E-state index contributed by atoms with van der Waals surface area (Å²) in [5.74, 6) is -1.00. The van der Waals surface area contributed by atoms with Crippen LogP contribution in [0.15, 0.2) is 84.9 Å². The Morgan fingerprint density at radius 1 is 0.794 bits per heavy atom. The minimum atomic E-state index is -0.524. The van der Waals surface area contributed by atoms with Gasteiger partial charge >= 0.3 is 5.97 Å². The second kappa shape index (κ2) is 8.27. The number of Topliss-reactive ketones (excluding diaryl/α,β-unsaturated/α-hetero) is 1. The minimum absolute atomic E-state index is 0.0138. The molecule has 0 spiro atoms. The molecule has 0 heterocycles. The van der Waals surface area contributed by atoms with Crippen molar-refractivity contribution >= 4 is 40.2 Å². The minimum Gasteiger partial charge on any atom is -0.464 e. The zero-order valence-electron chi connectivity index (χ0n) is 18.3. The summed E-state index contributed by atoms with van der Waals surface area (Å²) < 4.78 is 5.95. The van der Waals surface area contributed by atoms with Gasteiger partial charge in [-0.25, -0.2) is 0 Å². The molecule has 4 aromatic rings. The average molecular weight is 465 g/mol. The van der Waals surface area contributed by atoms with Crippen LogP contribution in [-0.4, -0.2) is 24.2 Å². The van der Waals surface area contributed by atoms with Crippen molar-refractivity contribution in [2.24, 2.45) is 0 Å². The smallest absolute Gasteiger partial charge is 0.317 e. The zero-order chi connectivity index (χ0) is 23.2. The van der Waals surface area contributed by atoms with Crippen molar-refractivity contribution in [3.63, 3.8) is 0 Å². The lowest BCUT2D eigenvalue weighted by molar-refractivity contribution is -0.144. The lowest BCUT2D eigenvalue weighted by Gasteiger charge is -2.23. The molecule has 34 heavy (non-hydrogen) atoms. The Kier molecular flexibility index (Phi) is 5.08. The highest BCUT2D eigenvalue weighted by Crippen LogP contribution is 2.45. The Hall–Kier alpha value is -3.69. The first-order valence-electron chi connectivity index (χ1n) is 11.3. The van der Waals surface area contributed by atoms with Gasteiger partial charge in [0.25, 0.3) is 0 Å². The van der Waals surface area contributed by atoms with Crippen LogP contribution in [0.25, 0.3) is 28.0 Å². The molecule has 166 valence electrons. The van der Waals surface area contributed by atoms with E-state index in [0.29, 0.717) is 5.56 Å². The van der Waals surface area contributed by atoms with Gasteiger partial charge in [0.15, 0.2) is 5.78 Å². The van der Waals surface area contributed by atoms with Crippen LogP contribution >= 0.6 is 11.6 Å². The fourth-order valence-corrected chi connectivity index (χ4v) is 5.52. The Morgan fingerprint density at radius 3 is 2.18 bits per heavy atom. The number of carbonyl (C=O) groups is 2. The third-order valence-electron chi connectivity index (χ3n) is 6.94. The molecule has 1 unspecified atom stereocenters. The second-order valence-corrected chi connectivity index (χ2v) is 8.99. The lowest BCUT2D eigenvalue weighted by atomic mass is 9.83. The number of ketones is 1. The predicted molar refractivity (Wildman–Crippen MR) is 135 cm³/mol. The van der Waals surface area contributed by atoms with Gasteiger partial charge < -0.3 is 4.74 Å². The summed E-state index contributed by atoms with van der Waals surface area (Å²) in [6.07, 6.45) is 3.70. The number of ether oxygens (including phenoxy) is 1. The number of halogens is 1. The van der Waals surface area contributed by atoms with Gasteiger partial charge in [-0.2, -0.15) is 0 Å². The SMILES string of the molecule is O=C(CCl)c1ccc2cccc3c2c1C=CC3C(=O)OCC1c2ccccc2-c2ccccc21. The zero-order valence-corrected chi connectivity index (χ0v) is 19.1. The van der Waals surface area contributed by atoms with E-state index in [4.69, 9.17) is 16.3 Å². The Bertz CT molecular complexity index is 1450. The van der Waals surface area contributed by atoms with Crippen molar-refractivity contribution in [3.8, 4) is 11.1 Å². The number of carbonyl (C=O) groups excluding carboxylic acids is 2. The van der Waals surface area contributed by atoms with E-state index in [9.17, 15) is 9.59 Å². The van der Waals surface area contributed by atoms with E-state index in [1.165, 1.54) is 22.3 Å². The maximum Gasteiger partial charge on any atom is 0.317 e. The van der Waals surface area contributed by atoms with Crippen molar-refractivity contribution in [2.45, 2.75) is 11.8 Å². The molecule has 0 radical (unpaired) electrons. The van der Waals surface area contributed by atoms with Gasteiger partial charge in [0, 0.05) is 11.5 Å². The number of fused-ring (bicyclic) bond motifs is 3. The molecular formula is C30H21ClO3. The van der Waals surface area contributed by atoms with Gasteiger partial charge in [-0.1, -0.05) is 91.0 Å². The fraction of sp³-hybridized carbons (Fsp3) is 0.133. The van der Waals surface area contributed by atoms with Crippen LogP contribution in [0.2, 0.25) is 0 Å². The molecule has 0 aliphatic heterocycles. The summed E-state index contributed by atoms with van der Waals surface area (Å²) in [5.41, 5.74) is 7.04. The van der Waals surface area contributed by atoms with E-state index in [0.717, 1.165) is 21.9 Å². The van der Waals surface area contributed by atoms with Crippen LogP contribution in [0.1, 0.15) is 44.4 Å². The average Bonchev–Trinajstić information content (AvgIpc) is 3.21. The molecule has 0 aromatic heterocycles. The van der Waals surface area contributed by atoms with Gasteiger partial charge in [0.1, 0.15) is 12.5 Å². The number of esters is 1. The van der Waals surface area contributed by atoms with E-state index in [1.54, 1.807) is 0 Å². The second-order valence-electron chi connectivity index (χ2n) is 8.72. The molecule has 1 atom stereocenters. The Labute approximate surface area is 202 Å². The largest absolute Gasteiger partial charge is 0.464 e. The quantitative estimate of drug-likeness (QED) is 0.187. The van der Waals surface area contributed by atoms with E-state index in [1.807, 2.05) is 66.7 Å². The van der Waals surface area contributed by atoms with Crippen molar-refractivity contribution < 1.29 is 14.3 Å². The van der Waals surface area contributed by atoms with E-state index in [2.05, 4.69) is 24.3 Å². The van der Waals surface area contributed by atoms with Crippen LogP contribution < -0.4 is 0 Å². The molecular weight excluding hydrogens is 444 g/mol. The molecule has 3 nitrogen and oxygen atoms in total. The molecule has 4 aromatic carbocycles. The van der Waals surface area contributed by atoms with Crippen molar-refractivity contribution in [2.75, 3.05) is 12.5 Å². The highest BCUT2D eigenvalue weighted by atomic mass is 35.5. The molecule has 0 saturated heterocycles. The number of hydrogen-bond acceptors (Lipinski definition) is 3. The molecule has 0 amide bonds. The summed E-state index contributed by atoms with van der Waals surface area (Å²) in [6, 6.07) is 26.2. The van der Waals surface area contributed by atoms with Gasteiger partial charge in [-0.05, 0) is 44.2 Å². The standard InChI is InChI=1S/C30H21ClO3/c31-16-28(32)23-13-12-18-6-5-11-24-26(15-14-25(23)29(18)24)30(33)34-17-27-21-9-3-1-7-19(21)20-8-2-4-10-22(20)27/h1-15,26-27H,16-17H2. The van der Waals surface area contributed by atoms with Gasteiger partial charge in [0.05, 0.1) is 5.88 Å². The monoisotopic (exact) mass is 464 g/mol. The summed E-state index contributed by atoms with van der Waals surface area (Å²) >= 11 is 5.83. The first kappa shape index (κ1) is 20.9. The number of rotatable bonds is 5. The Balaban J connectivity index is 1.31. The van der Waals surface area contributed by atoms with Gasteiger partial charge in [0.2, 0.25) is 0 Å². The lowest BCUT2D eigenvalue weighted by Crippen LogP contribution is -2.20. The molecule has 0 N–H and O–H groups in total. The van der Waals surface area contributed by atoms with Gasteiger partial charge in [-0.3, -0.25) is 9.59 Å². The van der Waals surface area contributed by atoms with E-state index < -0.39 is 5.92 Å². The maximum atomic E-state index is 13.3. The van der Waals surface area contributed by atoms with Crippen LogP contribution in [0.5, 0.6) is 0 Å². The maximum absolute atomic E-state index is 13.3. The van der Waals surface area contributed by atoms with Crippen LogP contribution in [0.4, 0.5) is 0 Å².